The molecule has 0 aromatic carbocycles. The number of hydrogen-bond acceptors (Lipinski definition) is 8. The zero-order valence-electron chi connectivity index (χ0n) is 12.1. The van der Waals surface area contributed by atoms with E-state index in [-0.39, 0.29) is 0 Å². The number of rotatable bonds is 6. The third kappa shape index (κ3) is 8.12. The van der Waals surface area contributed by atoms with E-state index in [4.69, 9.17) is 30.6 Å². The minimum atomic E-state index is -5.08. The van der Waals surface area contributed by atoms with Crippen molar-refractivity contribution < 1.29 is 53.0 Å². The summed E-state index contributed by atoms with van der Waals surface area (Å²) >= 11 is 1.35. The van der Waals surface area contributed by atoms with Crippen LogP contribution in [0.25, 0.3) is 0 Å². The number of ether oxygens (including phenoxy) is 1. The third-order valence-electron chi connectivity index (χ3n) is 2.75. The second-order valence-corrected chi connectivity index (χ2v) is 5.81. The van der Waals surface area contributed by atoms with Crippen molar-refractivity contribution in [2.75, 3.05) is 11.5 Å². The molecule has 1 fully saturated rings. The number of alkyl halides is 3. The standard InChI is InChI=1S/C9H17NO6S.C2HF3O2/c10-4(8(13)14)1-2-17-3-5-6(11)7(12)9(15)16-5;3-2(4,5)1(6)7/h4-7,9,11-12,15H,1-3,10H2,(H,13,14);(H,6,7)/t4-,5+,6+,7+,9?;/m0./s1. The molecular formula is C11H18F3NO8S. The Bertz CT molecular complexity index is 425. The average molecular weight is 381 g/mol. The zero-order chi connectivity index (χ0) is 19.1. The first-order valence-electron chi connectivity index (χ1n) is 6.43. The van der Waals surface area contributed by atoms with Gasteiger partial charge in [-0.05, 0) is 12.2 Å². The average Bonchev–Trinajstić information content (AvgIpc) is 2.70. The summed E-state index contributed by atoms with van der Waals surface area (Å²) in [5.74, 6) is -2.94. The van der Waals surface area contributed by atoms with Gasteiger partial charge in [0.1, 0.15) is 18.2 Å². The summed E-state index contributed by atoms with van der Waals surface area (Å²) in [6, 6.07) is -0.895. The van der Waals surface area contributed by atoms with E-state index in [0.717, 1.165) is 0 Å². The van der Waals surface area contributed by atoms with Crippen molar-refractivity contribution in [3.8, 4) is 0 Å². The van der Waals surface area contributed by atoms with Gasteiger partial charge in [-0.2, -0.15) is 24.9 Å². The molecule has 0 radical (unpaired) electrons. The molecule has 0 aliphatic carbocycles. The summed E-state index contributed by atoms with van der Waals surface area (Å²) < 4.78 is 36.7. The Balaban J connectivity index is 0.000000640. The van der Waals surface area contributed by atoms with Crippen LogP contribution < -0.4 is 5.73 Å². The van der Waals surface area contributed by atoms with Crippen LogP contribution in [-0.2, 0) is 14.3 Å². The largest absolute Gasteiger partial charge is 0.490 e. The third-order valence-corrected chi connectivity index (χ3v) is 3.84. The fraction of sp³-hybridized carbons (Fsp3) is 0.818. The van der Waals surface area contributed by atoms with Gasteiger partial charge >= 0.3 is 18.1 Å². The summed E-state index contributed by atoms with van der Waals surface area (Å²) in [5, 5.41) is 43.5. The zero-order valence-corrected chi connectivity index (χ0v) is 12.9. The molecule has 5 atom stereocenters. The minimum Gasteiger partial charge on any atom is -0.480 e. The van der Waals surface area contributed by atoms with Gasteiger partial charge in [-0.15, -0.1) is 0 Å². The highest BCUT2D eigenvalue weighted by Crippen LogP contribution is 2.23. The molecule has 1 aliphatic rings. The molecule has 24 heavy (non-hydrogen) atoms. The SMILES string of the molecule is N[C@@H](CCSC[C@H]1OC(O)[C@H](O)[C@@H]1O)C(=O)O.O=C(O)C(F)(F)F. The van der Waals surface area contributed by atoms with Gasteiger partial charge in [-0.3, -0.25) is 4.79 Å². The Morgan fingerprint density at radius 3 is 2.00 bits per heavy atom. The molecule has 1 aliphatic heterocycles. The number of carboxylic acids is 2. The molecule has 1 unspecified atom stereocenters. The van der Waals surface area contributed by atoms with Crippen LogP contribution in [0.1, 0.15) is 6.42 Å². The van der Waals surface area contributed by atoms with Crippen molar-refractivity contribution in [1.29, 1.82) is 0 Å². The number of aliphatic carboxylic acids is 2. The number of carboxylic acid groups (broad SMARTS) is 2. The van der Waals surface area contributed by atoms with E-state index in [0.29, 0.717) is 17.9 Å². The minimum absolute atomic E-state index is 0.313. The first kappa shape index (κ1) is 22.9. The van der Waals surface area contributed by atoms with Crippen LogP contribution in [0.2, 0.25) is 0 Å². The Labute approximate surface area is 138 Å². The quantitative estimate of drug-likeness (QED) is 0.300. The molecule has 0 aromatic heterocycles. The van der Waals surface area contributed by atoms with E-state index in [1.165, 1.54) is 11.8 Å². The predicted molar refractivity (Wildman–Crippen MR) is 74.1 cm³/mol. The van der Waals surface area contributed by atoms with E-state index in [9.17, 15) is 28.2 Å². The lowest BCUT2D eigenvalue weighted by Crippen LogP contribution is -2.33. The molecule has 0 spiro atoms. The van der Waals surface area contributed by atoms with Crippen LogP contribution in [0, 0.1) is 0 Å². The number of nitrogens with two attached hydrogens (primary N) is 1. The maximum atomic E-state index is 10.6. The van der Waals surface area contributed by atoms with Gasteiger partial charge in [0.2, 0.25) is 0 Å². The first-order chi connectivity index (χ1) is 10.9. The summed E-state index contributed by atoms with van der Waals surface area (Å²) in [4.78, 5) is 19.3. The molecule has 9 nitrogen and oxygen atoms in total. The molecule has 1 heterocycles. The number of hydrogen-bond donors (Lipinski definition) is 6. The van der Waals surface area contributed by atoms with Crippen molar-refractivity contribution in [2.45, 2.75) is 43.2 Å². The second kappa shape index (κ2) is 10.0. The van der Waals surface area contributed by atoms with Gasteiger partial charge in [-0.25, -0.2) is 4.79 Å². The molecule has 0 bridgehead atoms. The molecule has 0 saturated carbocycles. The Kier molecular flexibility index (Phi) is 9.54. The van der Waals surface area contributed by atoms with E-state index >= 15 is 0 Å². The van der Waals surface area contributed by atoms with E-state index in [1.54, 1.807) is 0 Å². The fourth-order valence-electron chi connectivity index (χ4n) is 1.40. The van der Waals surface area contributed by atoms with Gasteiger partial charge in [-0.1, -0.05) is 0 Å². The monoisotopic (exact) mass is 381 g/mol. The number of carbonyl (C=O) groups is 2. The van der Waals surface area contributed by atoms with E-state index < -0.39 is 48.8 Å². The highest BCUT2D eigenvalue weighted by molar-refractivity contribution is 7.99. The van der Waals surface area contributed by atoms with Crippen LogP contribution in [-0.4, -0.2) is 85.8 Å². The van der Waals surface area contributed by atoms with Crippen LogP contribution in [0.5, 0.6) is 0 Å². The molecule has 0 amide bonds. The number of halogens is 3. The first-order valence-corrected chi connectivity index (χ1v) is 7.59. The normalized spacial score (nSPS) is 28.0. The lowest BCUT2D eigenvalue weighted by Gasteiger charge is -2.14. The highest BCUT2D eigenvalue weighted by atomic mass is 32.2. The summed E-state index contributed by atoms with van der Waals surface area (Å²) in [5.41, 5.74) is 5.31. The summed E-state index contributed by atoms with van der Waals surface area (Å²) in [6.07, 6.45) is -9.19. The van der Waals surface area contributed by atoms with Gasteiger partial charge in [0, 0.05) is 5.75 Å². The van der Waals surface area contributed by atoms with Crippen LogP contribution in [0.15, 0.2) is 0 Å². The van der Waals surface area contributed by atoms with Crippen molar-refractivity contribution in [1.82, 2.24) is 0 Å². The molecular weight excluding hydrogens is 363 g/mol. The Morgan fingerprint density at radius 1 is 1.17 bits per heavy atom. The van der Waals surface area contributed by atoms with Crippen LogP contribution in [0.4, 0.5) is 13.2 Å². The highest BCUT2D eigenvalue weighted by Gasteiger charge is 2.41. The second-order valence-electron chi connectivity index (χ2n) is 4.66. The van der Waals surface area contributed by atoms with Gasteiger partial charge in [0.05, 0.1) is 6.10 Å². The van der Waals surface area contributed by atoms with Gasteiger partial charge in [0.25, 0.3) is 0 Å². The predicted octanol–water partition coefficient (Wildman–Crippen LogP) is -1.41. The smallest absolute Gasteiger partial charge is 0.480 e. The van der Waals surface area contributed by atoms with Crippen LogP contribution in [0.3, 0.4) is 0 Å². The number of thioether (sulfide) groups is 1. The number of aliphatic hydroxyl groups is 3. The fourth-order valence-corrected chi connectivity index (χ4v) is 2.50. The molecule has 7 N–H and O–H groups in total. The van der Waals surface area contributed by atoms with E-state index in [1.807, 2.05) is 0 Å². The molecule has 13 heteroatoms. The summed E-state index contributed by atoms with van der Waals surface area (Å²) in [7, 11) is 0. The Hall–Kier alpha value is -1.12. The topological polar surface area (TPSA) is 171 Å². The van der Waals surface area contributed by atoms with Crippen molar-refractivity contribution in [3.05, 3.63) is 0 Å². The van der Waals surface area contributed by atoms with Crippen LogP contribution >= 0.6 is 11.8 Å². The maximum absolute atomic E-state index is 10.6. The molecule has 1 rings (SSSR count). The van der Waals surface area contributed by atoms with Crippen molar-refractivity contribution in [3.63, 3.8) is 0 Å². The van der Waals surface area contributed by atoms with Crippen molar-refractivity contribution >= 4 is 23.7 Å². The summed E-state index contributed by atoms with van der Waals surface area (Å²) in [6.45, 7) is 0. The molecule has 0 aromatic rings. The number of aliphatic hydroxyl groups excluding tert-OH is 3. The van der Waals surface area contributed by atoms with Gasteiger partial charge in [0.15, 0.2) is 6.29 Å². The Morgan fingerprint density at radius 2 is 1.67 bits per heavy atom. The maximum Gasteiger partial charge on any atom is 0.490 e. The molecule has 1 saturated heterocycles. The molecule has 142 valence electrons. The lowest BCUT2D eigenvalue weighted by atomic mass is 10.2. The van der Waals surface area contributed by atoms with Gasteiger partial charge < -0.3 is 36.0 Å². The van der Waals surface area contributed by atoms with Crippen molar-refractivity contribution in [2.24, 2.45) is 5.73 Å². The lowest BCUT2D eigenvalue weighted by molar-refractivity contribution is -0.192. The van der Waals surface area contributed by atoms with E-state index in [2.05, 4.69) is 0 Å².